The van der Waals surface area contributed by atoms with Crippen LogP contribution in [0.2, 0.25) is 0 Å². The number of aromatic nitrogens is 1. The SMILES string of the molecule is C=CCOc1cc(/C=C/c2cncc(N)c2)cc(CNCC2CCNC2)c1. The molecule has 5 nitrogen and oxygen atoms in total. The molecular weight excluding hydrogens is 336 g/mol. The van der Waals surface area contributed by atoms with E-state index in [1.165, 1.54) is 12.0 Å². The molecule has 1 fully saturated rings. The Morgan fingerprint density at radius 1 is 1.22 bits per heavy atom. The smallest absolute Gasteiger partial charge is 0.120 e. The molecule has 2 aromatic rings. The van der Waals surface area contributed by atoms with Crippen LogP contribution in [-0.4, -0.2) is 31.2 Å². The molecule has 1 aliphatic rings. The molecule has 1 saturated heterocycles. The third-order valence-corrected chi connectivity index (χ3v) is 4.53. The van der Waals surface area contributed by atoms with Crippen LogP contribution in [0.25, 0.3) is 12.2 Å². The van der Waals surface area contributed by atoms with Gasteiger partial charge in [-0.25, -0.2) is 0 Å². The van der Waals surface area contributed by atoms with E-state index in [1.54, 1.807) is 18.5 Å². The first kappa shape index (κ1) is 19.1. The third-order valence-electron chi connectivity index (χ3n) is 4.53. The first-order valence-corrected chi connectivity index (χ1v) is 9.40. The summed E-state index contributed by atoms with van der Waals surface area (Å²) in [5.41, 5.74) is 9.71. The number of benzene rings is 1. The van der Waals surface area contributed by atoms with Gasteiger partial charge in [-0.1, -0.05) is 30.9 Å². The molecular formula is C22H28N4O. The van der Waals surface area contributed by atoms with Gasteiger partial charge in [0.05, 0.1) is 5.69 Å². The first-order valence-electron chi connectivity index (χ1n) is 9.40. The Kier molecular flexibility index (Phi) is 7.02. The average molecular weight is 364 g/mol. The number of nitrogens with two attached hydrogens (primary N) is 1. The van der Waals surface area contributed by atoms with Gasteiger partial charge in [-0.2, -0.15) is 0 Å². The molecule has 3 rings (SSSR count). The molecule has 1 unspecified atom stereocenters. The Hall–Kier alpha value is -2.63. The predicted octanol–water partition coefficient (Wildman–Crippen LogP) is 3.10. The maximum absolute atomic E-state index is 5.80. The van der Waals surface area contributed by atoms with Gasteiger partial charge in [0.25, 0.3) is 0 Å². The number of rotatable bonds is 9. The lowest BCUT2D eigenvalue weighted by molar-refractivity contribution is 0.362. The van der Waals surface area contributed by atoms with Crippen molar-refractivity contribution in [1.29, 1.82) is 0 Å². The van der Waals surface area contributed by atoms with Crippen molar-refractivity contribution >= 4 is 17.8 Å². The molecule has 1 atom stereocenters. The van der Waals surface area contributed by atoms with Gasteiger partial charge >= 0.3 is 0 Å². The first-order chi connectivity index (χ1) is 13.2. The second-order valence-corrected chi connectivity index (χ2v) is 6.88. The molecule has 142 valence electrons. The second-order valence-electron chi connectivity index (χ2n) is 6.88. The van der Waals surface area contributed by atoms with Crippen LogP contribution >= 0.6 is 0 Å². The third kappa shape index (κ3) is 6.24. The van der Waals surface area contributed by atoms with Crippen LogP contribution in [-0.2, 0) is 6.54 Å². The van der Waals surface area contributed by atoms with Crippen LogP contribution in [0.15, 0.2) is 49.3 Å². The lowest BCUT2D eigenvalue weighted by Gasteiger charge is -2.12. The molecule has 27 heavy (non-hydrogen) atoms. The molecule has 1 aliphatic heterocycles. The minimum absolute atomic E-state index is 0.493. The summed E-state index contributed by atoms with van der Waals surface area (Å²) in [7, 11) is 0. The van der Waals surface area contributed by atoms with E-state index in [2.05, 4.69) is 40.4 Å². The highest BCUT2D eigenvalue weighted by molar-refractivity contribution is 5.71. The Morgan fingerprint density at radius 2 is 2.11 bits per heavy atom. The number of nitrogens with zero attached hydrogens (tertiary/aromatic N) is 1. The summed E-state index contributed by atoms with van der Waals surface area (Å²) in [5, 5.41) is 6.98. The van der Waals surface area contributed by atoms with E-state index < -0.39 is 0 Å². The van der Waals surface area contributed by atoms with Crippen molar-refractivity contribution in [3.63, 3.8) is 0 Å². The minimum atomic E-state index is 0.493. The number of nitrogens with one attached hydrogen (secondary N) is 2. The molecule has 4 N–H and O–H groups in total. The van der Waals surface area contributed by atoms with Crippen LogP contribution in [0.4, 0.5) is 5.69 Å². The zero-order valence-corrected chi connectivity index (χ0v) is 15.7. The summed E-state index contributed by atoms with van der Waals surface area (Å²) in [5.74, 6) is 1.57. The molecule has 1 aromatic carbocycles. The van der Waals surface area contributed by atoms with Crippen molar-refractivity contribution < 1.29 is 4.74 Å². The number of hydrogen-bond acceptors (Lipinski definition) is 5. The van der Waals surface area contributed by atoms with Crippen molar-refractivity contribution in [2.24, 2.45) is 5.92 Å². The van der Waals surface area contributed by atoms with Gasteiger partial charge in [-0.05, 0) is 66.9 Å². The second kappa shape index (κ2) is 9.90. The van der Waals surface area contributed by atoms with Gasteiger partial charge in [-0.15, -0.1) is 0 Å². The maximum Gasteiger partial charge on any atom is 0.120 e. The summed E-state index contributed by atoms with van der Waals surface area (Å²) in [6, 6.07) is 8.20. The molecule has 1 aromatic heterocycles. The number of anilines is 1. The normalized spacial score (nSPS) is 16.7. The van der Waals surface area contributed by atoms with Crippen LogP contribution in [0.1, 0.15) is 23.1 Å². The summed E-state index contributed by atoms with van der Waals surface area (Å²) in [6.07, 6.45) is 10.5. The van der Waals surface area contributed by atoms with Crippen LogP contribution in [0.3, 0.4) is 0 Å². The predicted molar refractivity (Wildman–Crippen MR) is 112 cm³/mol. The maximum atomic E-state index is 5.80. The van der Waals surface area contributed by atoms with Crippen molar-refractivity contribution in [2.75, 3.05) is 32.0 Å². The Bertz CT molecular complexity index is 782. The molecule has 0 spiro atoms. The van der Waals surface area contributed by atoms with Crippen LogP contribution in [0, 0.1) is 5.92 Å². The van der Waals surface area contributed by atoms with E-state index >= 15 is 0 Å². The summed E-state index contributed by atoms with van der Waals surface area (Å²) >= 11 is 0. The monoisotopic (exact) mass is 364 g/mol. The van der Waals surface area contributed by atoms with Gasteiger partial charge < -0.3 is 21.1 Å². The summed E-state index contributed by atoms with van der Waals surface area (Å²) in [6.45, 7) is 8.31. The Balaban J connectivity index is 1.69. The van der Waals surface area contributed by atoms with E-state index in [-0.39, 0.29) is 0 Å². The lowest BCUT2D eigenvalue weighted by Crippen LogP contribution is -2.24. The van der Waals surface area contributed by atoms with Gasteiger partial charge in [0.2, 0.25) is 0 Å². The Labute approximate surface area is 161 Å². The van der Waals surface area contributed by atoms with Crippen molar-refractivity contribution in [3.05, 3.63) is 66.0 Å². The van der Waals surface area contributed by atoms with Gasteiger partial charge in [0.1, 0.15) is 12.4 Å². The van der Waals surface area contributed by atoms with Crippen molar-refractivity contribution in [3.8, 4) is 5.75 Å². The largest absolute Gasteiger partial charge is 0.490 e. The molecule has 5 heteroatoms. The molecule has 0 saturated carbocycles. The van der Waals surface area contributed by atoms with Crippen LogP contribution in [0.5, 0.6) is 5.75 Å². The van der Waals surface area contributed by atoms with E-state index in [0.29, 0.717) is 12.3 Å². The van der Waals surface area contributed by atoms with Gasteiger partial charge in [0.15, 0.2) is 0 Å². The van der Waals surface area contributed by atoms with E-state index in [1.807, 2.05) is 18.2 Å². The van der Waals surface area contributed by atoms with E-state index in [9.17, 15) is 0 Å². The highest BCUT2D eigenvalue weighted by atomic mass is 16.5. The lowest BCUT2D eigenvalue weighted by atomic mass is 10.1. The molecule has 0 bridgehead atoms. The molecule has 0 radical (unpaired) electrons. The van der Waals surface area contributed by atoms with E-state index in [0.717, 1.165) is 49.0 Å². The van der Waals surface area contributed by atoms with Crippen molar-refractivity contribution in [1.82, 2.24) is 15.6 Å². The van der Waals surface area contributed by atoms with Gasteiger partial charge in [-0.3, -0.25) is 4.98 Å². The standard InChI is InChI=1S/C22H28N4O/c1-2-7-27-22-10-17(3-4-18-9-21(23)16-26-12-18)8-20(11-22)15-25-14-19-5-6-24-13-19/h2-4,8-12,16,19,24-25H,1,5-7,13-15,23H2/b4-3+. The van der Waals surface area contributed by atoms with Crippen LogP contribution < -0.4 is 21.1 Å². The average Bonchev–Trinajstić information content (AvgIpc) is 3.18. The number of nitrogen functional groups attached to an aromatic ring is 1. The fraction of sp³-hybridized carbons (Fsp3) is 0.318. The number of hydrogen-bond donors (Lipinski definition) is 3. The summed E-state index contributed by atoms with van der Waals surface area (Å²) in [4.78, 5) is 4.12. The fourth-order valence-corrected chi connectivity index (χ4v) is 3.19. The Morgan fingerprint density at radius 3 is 2.89 bits per heavy atom. The zero-order chi connectivity index (χ0) is 18.9. The summed E-state index contributed by atoms with van der Waals surface area (Å²) < 4.78 is 5.77. The van der Waals surface area contributed by atoms with E-state index in [4.69, 9.17) is 10.5 Å². The van der Waals surface area contributed by atoms with Crippen molar-refractivity contribution in [2.45, 2.75) is 13.0 Å². The zero-order valence-electron chi connectivity index (χ0n) is 15.7. The quantitative estimate of drug-likeness (QED) is 0.597. The fourth-order valence-electron chi connectivity index (χ4n) is 3.19. The number of pyridine rings is 1. The number of ether oxygens (including phenoxy) is 1. The topological polar surface area (TPSA) is 72.2 Å². The molecule has 0 aliphatic carbocycles. The highest BCUT2D eigenvalue weighted by Gasteiger charge is 2.13. The molecule has 0 amide bonds. The highest BCUT2D eigenvalue weighted by Crippen LogP contribution is 2.20. The minimum Gasteiger partial charge on any atom is -0.490 e. The van der Waals surface area contributed by atoms with Gasteiger partial charge in [0, 0.05) is 18.9 Å². The molecule has 2 heterocycles.